The standard InChI is InChI=1S/C23H18BrNO/c1-15-11-16(2)13-20(12-15)25-22(17-7-9-19(24)10-8-17)14-18-5-3-4-6-21(18)23(25)26/h3-14H,1-2H3. The van der Waals surface area contributed by atoms with Crippen LogP contribution in [0.25, 0.3) is 27.7 Å². The zero-order valence-electron chi connectivity index (χ0n) is 14.7. The van der Waals surface area contributed by atoms with Gasteiger partial charge in [0.05, 0.1) is 5.69 Å². The zero-order chi connectivity index (χ0) is 18.3. The molecule has 0 spiro atoms. The van der Waals surface area contributed by atoms with E-state index >= 15 is 0 Å². The number of hydrogen-bond acceptors (Lipinski definition) is 1. The van der Waals surface area contributed by atoms with Gasteiger partial charge < -0.3 is 0 Å². The molecule has 0 saturated carbocycles. The topological polar surface area (TPSA) is 22.0 Å². The second-order valence-electron chi connectivity index (χ2n) is 6.61. The third-order valence-electron chi connectivity index (χ3n) is 4.53. The molecule has 3 aromatic carbocycles. The van der Waals surface area contributed by atoms with Gasteiger partial charge in [0, 0.05) is 15.5 Å². The second-order valence-corrected chi connectivity index (χ2v) is 7.53. The lowest BCUT2D eigenvalue weighted by atomic mass is 10.0. The van der Waals surface area contributed by atoms with E-state index < -0.39 is 0 Å². The highest BCUT2D eigenvalue weighted by Crippen LogP contribution is 2.27. The van der Waals surface area contributed by atoms with E-state index in [1.54, 1.807) is 0 Å². The highest BCUT2D eigenvalue weighted by atomic mass is 79.9. The first-order valence-electron chi connectivity index (χ1n) is 8.52. The molecule has 0 aliphatic heterocycles. The average Bonchev–Trinajstić information content (AvgIpc) is 2.61. The van der Waals surface area contributed by atoms with Crippen LogP contribution in [-0.2, 0) is 0 Å². The van der Waals surface area contributed by atoms with Crippen molar-refractivity contribution in [3.05, 3.63) is 98.7 Å². The maximum atomic E-state index is 13.4. The fourth-order valence-corrected chi connectivity index (χ4v) is 3.69. The molecule has 4 rings (SSSR count). The summed E-state index contributed by atoms with van der Waals surface area (Å²) in [5, 5.41) is 1.68. The van der Waals surface area contributed by atoms with E-state index in [2.05, 4.69) is 54.0 Å². The number of halogens is 1. The molecule has 0 bridgehead atoms. The normalized spacial score (nSPS) is 11.0. The van der Waals surface area contributed by atoms with Gasteiger partial charge in [-0.2, -0.15) is 0 Å². The second kappa shape index (κ2) is 6.58. The Morgan fingerprint density at radius 1 is 0.808 bits per heavy atom. The van der Waals surface area contributed by atoms with Crippen molar-refractivity contribution in [1.82, 2.24) is 4.57 Å². The fourth-order valence-electron chi connectivity index (χ4n) is 3.43. The Kier molecular flexibility index (Phi) is 4.25. The van der Waals surface area contributed by atoms with Gasteiger partial charge in [0.1, 0.15) is 0 Å². The summed E-state index contributed by atoms with van der Waals surface area (Å²) in [5.41, 5.74) is 5.09. The third-order valence-corrected chi connectivity index (χ3v) is 5.06. The molecule has 26 heavy (non-hydrogen) atoms. The first-order valence-corrected chi connectivity index (χ1v) is 9.32. The summed E-state index contributed by atoms with van der Waals surface area (Å²) >= 11 is 3.49. The maximum absolute atomic E-state index is 13.4. The Bertz CT molecular complexity index is 1150. The van der Waals surface area contributed by atoms with Gasteiger partial charge in [-0.3, -0.25) is 9.36 Å². The van der Waals surface area contributed by atoms with E-state index in [1.807, 2.05) is 53.1 Å². The summed E-state index contributed by atoms with van der Waals surface area (Å²) in [4.78, 5) is 13.4. The molecule has 128 valence electrons. The molecule has 2 nitrogen and oxygen atoms in total. The number of fused-ring (bicyclic) bond motifs is 1. The summed E-state index contributed by atoms with van der Waals surface area (Å²) in [6.07, 6.45) is 0. The molecule has 1 heterocycles. The van der Waals surface area contributed by atoms with E-state index in [4.69, 9.17) is 0 Å². The molecular formula is C23H18BrNO. The first-order chi connectivity index (χ1) is 12.5. The number of benzene rings is 3. The lowest BCUT2D eigenvalue weighted by Crippen LogP contribution is -2.20. The van der Waals surface area contributed by atoms with Crippen LogP contribution in [0.15, 0.2) is 82.1 Å². The zero-order valence-corrected chi connectivity index (χ0v) is 16.2. The number of aromatic nitrogens is 1. The highest BCUT2D eigenvalue weighted by molar-refractivity contribution is 9.10. The Hall–Kier alpha value is -2.65. The molecule has 0 unspecified atom stereocenters. The molecule has 0 aliphatic rings. The summed E-state index contributed by atoms with van der Waals surface area (Å²) in [5.74, 6) is 0. The van der Waals surface area contributed by atoms with E-state index in [1.165, 1.54) is 0 Å². The Labute approximate surface area is 160 Å². The van der Waals surface area contributed by atoms with Crippen LogP contribution >= 0.6 is 15.9 Å². The van der Waals surface area contributed by atoms with Crippen molar-refractivity contribution in [2.24, 2.45) is 0 Å². The Morgan fingerprint density at radius 3 is 2.15 bits per heavy atom. The third kappa shape index (κ3) is 2.99. The van der Waals surface area contributed by atoms with Gasteiger partial charge in [0.2, 0.25) is 0 Å². The fraction of sp³-hybridized carbons (Fsp3) is 0.0870. The Morgan fingerprint density at radius 2 is 1.46 bits per heavy atom. The number of aryl methyl sites for hydroxylation is 2. The molecule has 0 radical (unpaired) electrons. The minimum atomic E-state index is 0.00557. The Balaban J connectivity index is 2.12. The van der Waals surface area contributed by atoms with Gasteiger partial charge in [-0.25, -0.2) is 0 Å². The summed E-state index contributed by atoms with van der Waals surface area (Å²) in [6, 6.07) is 24.2. The number of hydrogen-bond donors (Lipinski definition) is 0. The van der Waals surface area contributed by atoms with Crippen LogP contribution in [0.1, 0.15) is 11.1 Å². The van der Waals surface area contributed by atoms with Gasteiger partial charge in [-0.05, 0) is 72.3 Å². The number of rotatable bonds is 2. The molecule has 0 N–H and O–H groups in total. The molecule has 3 heteroatoms. The highest BCUT2D eigenvalue weighted by Gasteiger charge is 2.13. The lowest BCUT2D eigenvalue weighted by molar-refractivity contribution is 1.01. The predicted octanol–water partition coefficient (Wildman–Crippen LogP) is 6.04. The van der Waals surface area contributed by atoms with Crippen molar-refractivity contribution in [3.63, 3.8) is 0 Å². The summed E-state index contributed by atoms with van der Waals surface area (Å²) in [6.45, 7) is 4.11. The predicted molar refractivity (Wildman–Crippen MR) is 112 cm³/mol. The molecule has 0 amide bonds. The van der Waals surface area contributed by atoms with Crippen molar-refractivity contribution in [1.29, 1.82) is 0 Å². The minimum absolute atomic E-state index is 0.00557. The largest absolute Gasteiger partial charge is 0.276 e. The van der Waals surface area contributed by atoms with Gasteiger partial charge in [-0.1, -0.05) is 52.3 Å². The van der Waals surface area contributed by atoms with E-state index in [-0.39, 0.29) is 5.56 Å². The van der Waals surface area contributed by atoms with Crippen molar-refractivity contribution < 1.29 is 0 Å². The average molecular weight is 404 g/mol. The molecule has 0 fully saturated rings. The van der Waals surface area contributed by atoms with Crippen LogP contribution in [0.4, 0.5) is 0 Å². The number of pyridine rings is 1. The monoisotopic (exact) mass is 403 g/mol. The quantitative estimate of drug-likeness (QED) is 0.399. The van der Waals surface area contributed by atoms with E-state index in [0.717, 1.165) is 43.3 Å². The molecule has 0 aliphatic carbocycles. The maximum Gasteiger partial charge on any atom is 0.263 e. The molecule has 4 aromatic rings. The van der Waals surface area contributed by atoms with Crippen molar-refractivity contribution in [2.45, 2.75) is 13.8 Å². The van der Waals surface area contributed by atoms with Crippen LogP contribution in [0.3, 0.4) is 0 Å². The van der Waals surface area contributed by atoms with Gasteiger partial charge in [-0.15, -0.1) is 0 Å². The van der Waals surface area contributed by atoms with Crippen LogP contribution in [0.2, 0.25) is 0 Å². The smallest absolute Gasteiger partial charge is 0.263 e. The van der Waals surface area contributed by atoms with Crippen molar-refractivity contribution in [3.8, 4) is 16.9 Å². The van der Waals surface area contributed by atoms with Crippen molar-refractivity contribution in [2.75, 3.05) is 0 Å². The summed E-state index contributed by atoms with van der Waals surface area (Å²) in [7, 11) is 0. The molecule has 0 saturated heterocycles. The summed E-state index contributed by atoms with van der Waals surface area (Å²) < 4.78 is 2.84. The lowest BCUT2D eigenvalue weighted by Gasteiger charge is -2.16. The van der Waals surface area contributed by atoms with Gasteiger partial charge in [0.25, 0.3) is 5.56 Å². The van der Waals surface area contributed by atoms with E-state index in [0.29, 0.717) is 0 Å². The SMILES string of the molecule is Cc1cc(C)cc(-n2c(-c3ccc(Br)cc3)cc3ccccc3c2=O)c1. The van der Waals surface area contributed by atoms with Gasteiger partial charge in [0.15, 0.2) is 0 Å². The van der Waals surface area contributed by atoms with Crippen molar-refractivity contribution >= 4 is 26.7 Å². The minimum Gasteiger partial charge on any atom is -0.276 e. The van der Waals surface area contributed by atoms with E-state index in [9.17, 15) is 4.79 Å². The van der Waals surface area contributed by atoms with Gasteiger partial charge >= 0.3 is 0 Å². The van der Waals surface area contributed by atoms with Crippen LogP contribution in [0, 0.1) is 13.8 Å². The van der Waals surface area contributed by atoms with Crippen LogP contribution in [-0.4, -0.2) is 4.57 Å². The molecule has 1 aromatic heterocycles. The van der Waals surface area contributed by atoms with Crippen LogP contribution in [0.5, 0.6) is 0 Å². The molecular weight excluding hydrogens is 386 g/mol. The first kappa shape index (κ1) is 16.8. The van der Waals surface area contributed by atoms with Crippen LogP contribution < -0.4 is 5.56 Å². The molecule has 0 atom stereocenters. The number of nitrogens with zero attached hydrogens (tertiary/aromatic N) is 1.